The first kappa shape index (κ1) is 27.1. The lowest BCUT2D eigenvalue weighted by Gasteiger charge is -2.32. The smallest absolute Gasteiger partial charge is 0.455 e. The van der Waals surface area contributed by atoms with Crippen LogP contribution in [-0.2, 0) is 9.31 Å². The second-order valence-electron chi connectivity index (χ2n) is 14.0. The zero-order valence-corrected chi connectivity index (χ0v) is 26.8. The molecule has 1 fully saturated rings. The summed E-state index contributed by atoms with van der Waals surface area (Å²) in [6.45, 7) is 8.34. The fourth-order valence-corrected chi connectivity index (χ4v) is 7.64. The predicted octanol–water partition coefficient (Wildman–Crippen LogP) is 10.4. The lowest BCUT2D eigenvalue weighted by atomic mass is 9.79. The molecule has 0 saturated carbocycles. The van der Waals surface area contributed by atoms with Gasteiger partial charge in [0.25, 0.3) is 0 Å². The summed E-state index contributed by atoms with van der Waals surface area (Å²) in [4.78, 5) is 0. The standard InChI is InChI=1S/C42H32BNO3/c1-41(2)42(3,4)47-43(46-41)28-18-19-31-33-24-37(30-15-9-10-16-32(30)40(33)45-38(31)23-28)44-35-20-17-25-11-7-8-14-29(25)39(35)34-21-26-12-5-6-13-27(26)22-36(34)44/h5-24H,1-4H3. The van der Waals surface area contributed by atoms with Crippen LogP contribution in [0.2, 0.25) is 0 Å². The first-order valence-corrected chi connectivity index (χ1v) is 16.4. The van der Waals surface area contributed by atoms with Crippen molar-refractivity contribution in [2.45, 2.75) is 38.9 Å². The molecule has 0 atom stereocenters. The molecule has 0 bridgehead atoms. The Kier molecular flexibility index (Phi) is 5.33. The average Bonchev–Trinajstić information content (AvgIpc) is 3.68. The van der Waals surface area contributed by atoms with Gasteiger partial charge in [0.2, 0.25) is 0 Å². The van der Waals surface area contributed by atoms with Crippen LogP contribution in [0.15, 0.2) is 126 Å². The van der Waals surface area contributed by atoms with Crippen LogP contribution in [0.3, 0.4) is 0 Å². The molecule has 9 aromatic rings. The van der Waals surface area contributed by atoms with E-state index in [0.29, 0.717) is 0 Å². The van der Waals surface area contributed by atoms with Gasteiger partial charge in [0.15, 0.2) is 0 Å². The molecule has 1 aliphatic heterocycles. The Hall–Kier alpha value is -5.10. The van der Waals surface area contributed by atoms with Crippen LogP contribution in [-0.4, -0.2) is 22.9 Å². The third-order valence-electron chi connectivity index (χ3n) is 10.8. The highest BCUT2D eigenvalue weighted by atomic mass is 16.7. The highest BCUT2D eigenvalue weighted by Gasteiger charge is 2.51. The van der Waals surface area contributed by atoms with Crippen LogP contribution in [0.25, 0.3) is 81.7 Å². The minimum absolute atomic E-state index is 0.412. The summed E-state index contributed by atoms with van der Waals surface area (Å²) in [5.74, 6) is 0. The highest BCUT2D eigenvalue weighted by molar-refractivity contribution is 6.62. The number of hydrogen-bond acceptors (Lipinski definition) is 3. The first-order chi connectivity index (χ1) is 22.8. The van der Waals surface area contributed by atoms with E-state index in [0.717, 1.165) is 43.9 Å². The summed E-state index contributed by atoms with van der Waals surface area (Å²) >= 11 is 0. The highest BCUT2D eigenvalue weighted by Crippen LogP contribution is 2.43. The van der Waals surface area contributed by atoms with Gasteiger partial charge >= 0.3 is 7.12 Å². The van der Waals surface area contributed by atoms with Gasteiger partial charge < -0.3 is 18.3 Å². The van der Waals surface area contributed by atoms with E-state index in [2.05, 4.69) is 154 Å². The third kappa shape index (κ3) is 3.73. The van der Waals surface area contributed by atoms with Gasteiger partial charge in [-0.1, -0.05) is 91.0 Å². The Balaban J connectivity index is 1.29. The molecule has 10 rings (SSSR count). The van der Waals surface area contributed by atoms with Crippen molar-refractivity contribution in [2.75, 3.05) is 0 Å². The van der Waals surface area contributed by atoms with E-state index in [1.54, 1.807) is 0 Å². The van der Waals surface area contributed by atoms with Crippen molar-refractivity contribution in [1.29, 1.82) is 0 Å². The fourth-order valence-electron chi connectivity index (χ4n) is 7.64. The van der Waals surface area contributed by atoms with Crippen LogP contribution in [0.1, 0.15) is 27.7 Å². The molecular formula is C42H32BNO3. The van der Waals surface area contributed by atoms with Crippen molar-refractivity contribution in [3.63, 3.8) is 0 Å². The van der Waals surface area contributed by atoms with Gasteiger partial charge in [-0.3, -0.25) is 0 Å². The summed E-state index contributed by atoms with van der Waals surface area (Å²) in [5, 5.41) is 11.9. The van der Waals surface area contributed by atoms with Gasteiger partial charge in [0, 0.05) is 32.3 Å². The molecule has 226 valence electrons. The molecule has 5 heteroatoms. The monoisotopic (exact) mass is 609 g/mol. The van der Waals surface area contributed by atoms with Crippen LogP contribution in [0, 0.1) is 0 Å². The van der Waals surface area contributed by atoms with Crippen LogP contribution in [0.5, 0.6) is 0 Å². The van der Waals surface area contributed by atoms with Crippen LogP contribution >= 0.6 is 0 Å². The summed E-state index contributed by atoms with van der Waals surface area (Å²) in [6.07, 6.45) is 0. The van der Waals surface area contributed by atoms with Gasteiger partial charge in [-0.25, -0.2) is 0 Å². The first-order valence-electron chi connectivity index (χ1n) is 16.4. The van der Waals surface area contributed by atoms with Crippen molar-refractivity contribution in [3.8, 4) is 5.69 Å². The third-order valence-corrected chi connectivity index (χ3v) is 10.8. The average molecular weight is 610 g/mol. The maximum Gasteiger partial charge on any atom is 0.494 e. The second-order valence-corrected chi connectivity index (χ2v) is 14.0. The van der Waals surface area contributed by atoms with Gasteiger partial charge in [-0.05, 0) is 85.0 Å². The van der Waals surface area contributed by atoms with E-state index in [4.69, 9.17) is 13.7 Å². The molecule has 3 heterocycles. The Morgan fingerprint density at radius 2 is 1.17 bits per heavy atom. The number of aromatic nitrogens is 1. The van der Waals surface area contributed by atoms with E-state index in [1.807, 2.05) is 0 Å². The summed E-state index contributed by atoms with van der Waals surface area (Å²) in [7, 11) is -0.452. The van der Waals surface area contributed by atoms with E-state index in [-0.39, 0.29) is 0 Å². The van der Waals surface area contributed by atoms with E-state index in [9.17, 15) is 0 Å². The predicted molar refractivity (Wildman–Crippen MR) is 196 cm³/mol. The molecular weight excluding hydrogens is 577 g/mol. The zero-order chi connectivity index (χ0) is 31.7. The molecule has 1 saturated heterocycles. The Labute approximate surface area is 272 Å². The fraction of sp³-hybridized carbons (Fsp3) is 0.143. The lowest BCUT2D eigenvalue weighted by Crippen LogP contribution is -2.41. The molecule has 1 aliphatic rings. The Morgan fingerprint density at radius 1 is 0.511 bits per heavy atom. The van der Waals surface area contributed by atoms with E-state index in [1.165, 1.54) is 43.4 Å². The normalized spacial score (nSPS) is 16.2. The minimum atomic E-state index is -0.452. The molecule has 0 unspecified atom stereocenters. The Morgan fingerprint density at radius 3 is 1.94 bits per heavy atom. The molecule has 0 N–H and O–H groups in total. The summed E-state index contributed by atoms with van der Waals surface area (Å²) in [6, 6.07) is 43.9. The number of nitrogens with zero attached hydrogens (tertiary/aromatic N) is 1. The van der Waals surface area contributed by atoms with Gasteiger partial charge in [-0.15, -0.1) is 0 Å². The Bertz CT molecular complexity index is 2750. The SMILES string of the molecule is CC1(C)OB(c2ccc3c(c2)oc2c4ccccc4c(-n4c5cc6ccccc6cc5c5c6ccccc6ccc54)cc32)OC1(C)C. The largest absolute Gasteiger partial charge is 0.494 e. The molecule has 0 aliphatic carbocycles. The maximum absolute atomic E-state index is 6.71. The maximum atomic E-state index is 6.71. The van der Waals surface area contributed by atoms with Crippen molar-refractivity contribution >= 4 is 88.6 Å². The topological polar surface area (TPSA) is 36.5 Å². The minimum Gasteiger partial charge on any atom is -0.455 e. The quantitative estimate of drug-likeness (QED) is 0.183. The molecule has 47 heavy (non-hydrogen) atoms. The zero-order valence-electron chi connectivity index (χ0n) is 26.8. The van der Waals surface area contributed by atoms with E-state index < -0.39 is 18.3 Å². The molecule has 0 spiro atoms. The van der Waals surface area contributed by atoms with Crippen molar-refractivity contribution < 1.29 is 13.7 Å². The molecule has 7 aromatic carbocycles. The summed E-state index contributed by atoms with van der Waals surface area (Å²) < 4.78 is 21.9. The number of benzene rings is 7. The van der Waals surface area contributed by atoms with Crippen molar-refractivity contribution in [2.24, 2.45) is 0 Å². The van der Waals surface area contributed by atoms with Crippen LogP contribution in [0.4, 0.5) is 0 Å². The second kappa shape index (κ2) is 9.25. The van der Waals surface area contributed by atoms with Gasteiger partial charge in [-0.2, -0.15) is 0 Å². The number of rotatable bonds is 2. The summed E-state index contributed by atoms with van der Waals surface area (Å²) in [5.41, 5.74) is 5.37. The molecule has 4 nitrogen and oxygen atoms in total. The molecule has 2 aromatic heterocycles. The van der Waals surface area contributed by atoms with Crippen molar-refractivity contribution in [3.05, 3.63) is 121 Å². The van der Waals surface area contributed by atoms with Gasteiger partial charge in [0.1, 0.15) is 11.2 Å². The molecule has 0 amide bonds. The van der Waals surface area contributed by atoms with Crippen LogP contribution < -0.4 is 5.46 Å². The van der Waals surface area contributed by atoms with Crippen molar-refractivity contribution in [1.82, 2.24) is 4.57 Å². The van der Waals surface area contributed by atoms with E-state index >= 15 is 0 Å². The number of fused-ring (bicyclic) bond motifs is 11. The molecule has 0 radical (unpaired) electrons. The lowest BCUT2D eigenvalue weighted by molar-refractivity contribution is 0.00578. The number of hydrogen-bond donors (Lipinski definition) is 0. The number of furan rings is 1. The van der Waals surface area contributed by atoms with Gasteiger partial charge in [0.05, 0.1) is 27.9 Å².